The summed E-state index contributed by atoms with van der Waals surface area (Å²) in [4.78, 5) is 21.4. The lowest BCUT2D eigenvalue weighted by atomic mass is 10.1. The maximum absolute atomic E-state index is 12.8. The predicted molar refractivity (Wildman–Crippen MR) is 105 cm³/mol. The molecular weight excluding hydrogens is 338 g/mol. The monoisotopic (exact) mass is 365 g/mol. The third-order valence-corrected chi connectivity index (χ3v) is 5.54. The van der Waals surface area contributed by atoms with Crippen molar-refractivity contribution in [2.45, 2.75) is 25.8 Å². The molecule has 2 atom stereocenters. The van der Waals surface area contributed by atoms with Gasteiger partial charge in [-0.05, 0) is 48.6 Å². The summed E-state index contributed by atoms with van der Waals surface area (Å²) in [5.74, 6) is 1.77. The van der Waals surface area contributed by atoms with Crippen molar-refractivity contribution in [3.63, 3.8) is 0 Å². The number of benzene rings is 1. The lowest BCUT2D eigenvalue weighted by Gasteiger charge is -2.35. The Morgan fingerprint density at radius 3 is 2.59 bits per heavy atom. The van der Waals surface area contributed by atoms with E-state index in [9.17, 15) is 4.79 Å². The number of rotatable bonds is 6. The van der Waals surface area contributed by atoms with Gasteiger partial charge in [0.1, 0.15) is 5.75 Å². The fourth-order valence-corrected chi connectivity index (χ4v) is 3.91. The lowest BCUT2D eigenvalue weighted by Crippen LogP contribution is -2.48. The molecule has 1 aromatic heterocycles. The predicted octanol–water partition coefficient (Wildman–Crippen LogP) is 2.93. The number of pyridine rings is 1. The van der Waals surface area contributed by atoms with Crippen LogP contribution in [0.15, 0.2) is 48.8 Å². The van der Waals surface area contributed by atoms with Gasteiger partial charge in [-0.2, -0.15) is 0 Å². The molecule has 1 aromatic carbocycles. The van der Waals surface area contributed by atoms with Crippen molar-refractivity contribution in [2.24, 2.45) is 5.92 Å². The van der Waals surface area contributed by atoms with Crippen molar-refractivity contribution in [1.29, 1.82) is 0 Å². The highest BCUT2D eigenvalue weighted by molar-refractivity contribution is 5.83. The molecule has 2 aliphatic rings. The summed E-state index contributed by atoms with van der Waals surface area (Å²) in [5.41, 5.74) is 2.49. The zero-order valence-electron chi connectivity index (χ0n) is 15.9. The molecule has 2 heterocycles. The van der Waals surface area contributed by atoms with Crippen molar-refractivity contribution in [2.75, 3.05) is 32.8 Å². The van der Waals surface area contributed by atoms with Crippen molar-refractivity contribution < 1.29 is 9.53 Å². The van der Waals surface area contributed by atoms with E-state index in [1.54, 1.807) is 6.20 Å². The van der Waals surface area contributed by atoms with Crippen molar-refractivity contribution >= 4 is 5.91 Å². The summed E-state index contributed by atoms with van der Waals surface area (Å²) in [5, 5.41) is 0. The average molecular weight is 365 g/mol. The minimum absolute atomic E-state index is 0.159. The summed E-state index contributed by atoms with van der Waals surface area (Å²) >= 11 is 0. The normalized spacial score (nSPS) is 22.5. The van der Waals surface area contributed by atoms with Crippen LogP contribution in [-0.4, -0.2) is 53.5 Å². The van der Waals surface area contributed by atoms with Crippen LogP contribution in [0.5, 0.6) is 5.75 Å². The maximum atomic E-state index is 12.8. The number of hydrogen-bond acceptors (Lipinski definition) is 4. The molecule has 0 unspecified atom stereocenters. The first-order valence-electron chi connectivity index (χ1n) is 9.87. The Morgan fingerprint density at radius 1 is 1.15 bits per heavy atom. The van der Waals surface area contributed by atoms with Gasteiger partial charge in [-0.25, -0.2) is 0 Å². The van der Waals surface area contributed by atoms with E-state index in [4.69, 9.17) is 4.74 Å². The first kappa shape index (κ1) is 18.0. The molecule has 0 bridgehead atoms. The molecule has 0 spiro atoms. The van der Waals surface area contributed by atoms with E-state index in [0.717, 1.165) is 44.9 Å². The molecule has 1 saturated carbocycles. The molecule has 2 fully saturated rings. The van der Waals surface area contributed by atoms with Gasteiger partial charge in [-0.15, -0.1) is 0 Å². The van der Waals surface area contributed by atoms with Crippen molar-refractivity contribution in [3.05, 3.63) is 59.9 Å². The fourth-order valence-electron chi connectivity index (χ4n) is 3.91. The Balaban J connectivity index is 1.25. The Morgan fingerprint density at radius 2 is 1.93 bits per heavy atom. The van der Waals surface area contributed by atoms with Crippen LogP contribution in [0.1, 0.15) is 30.4 Å². The van der Waals surface area contributed by atoms with Gasteiger partial charge in [-0.3, -0.25) is 14.7 Å². The summed E-state index contributed by atoms with van der Waals surface area (Å²) < 4.78 is 5.50. The highest BCUT2D eigenvalue weighted by Gasteiger charge is 2.46. The number of amides is 1. The SMILES string of the molecule is CCOc1ccc(CN2CCN(C(=O)[C@@H]3C[C@@H]3c3cccnc3)CC2)cc1. The minimum atomic E-state index is 0.159. The number of carbonyl (C=O) groups excluding carboxylic acids is 1. The van der Waals surface area contributed by atoms with Crippen LogP contribution in [0.3, 0.4) is 0 Å². The van der Waals surface area contributed by atoms with E-state index in [0.29, 0.717) is 18.4 Å². The Hall–Kier alpha value is -2.40. The summed E-state index contributed by atoms with van der Waals surface area (Å²) in [6.07, 6.45) is 4.65. The first-order valence-corrected chi connectivity index (χ1v) is 9.87. The molecule has 0 radical (unpaired) electrons. The highest BCUT2D eigenvalue weighted by atomic mass is 16.5. The Labute approximate surface area is 161 Å². The number of ether oxygens (including phenoxy) is 1. The van der Waals surface area contributed by atoms with E-state index in [2.05, 4.69) is 33.0 Å². The summed E-state index contributed by atoms with van der Waals surface area (Å²) in [6, 6.07) is 12.4. The van der Waals surface area contributed by atoms with Crippen LogP contribution in [-0.2, 0) is 11.3 Å². The minimum Gasteiger partial charge on any atom is -0.494 e. The first-order chi connectivity index (χ1) is 13.2. The van der Waals surface area contributed by atoms with Crippen LogP contribution in [0.4, 0.5) is 0 Å². The zero-order chi connectivity index (χ0) is 18.6. The van der Waals surface area contributed by atoms with Gasteiger partial charge in [0.2, 0.25) is 5.91 Å². The van der Waals surface area contributed by atoms with Crippen LogP contribution < -0.4 is 4.74 Å². The highest BCUT2D eigenvalue weighted by Crippen LogP contribution is 2.48. The topological polar surface area (TPSA) is 45.7 Å². The molecule has 5 nitrogen and oxygen atoms in total. The van der Waals surface area contributed by atoms with Crippen LogP contribution in [0.2, 0.25) is 0 Å². The fraction of sp³-hybridized carbons (Fsp3) is 0.455. The van der Waals surface area contributed by atoms with Gasteiger partial charge >= 0.3 is 0 Å². The molecule has 5 heteroatoms. The molecule has 1 saturated heterocycles. The molecule has 1 aliphatic heterocycles. The number of nitrogens with zero attached hydrogens (tertiary/aromatic N) is 3. The maximum Gasteiger partial charge on any atom is 0.226 e. The molecule has 27 heavy (non-hydrogen) atoms. The van der Waals surface area contributed by atoms with Crippen molar-refractivity contribution in [3.8, 4) is 5.75 Å². The smallest absolute Gasteiger partial charge is 0.226 e. The van der Waals surface area contributed by atoms with Crippen molar-refractivity contribution in [1.82, 2.24) is 14.8 Å². The van der Waals surface area contributed by atoms with E-state index in [1.165, 1.54) is 11.1 Å². The Bertz CT molecular complexity index is 755. The van der Waals surface area contributed by atoms with E-state index >= 15 is 0 Å². The molecule has 0 N–H and O–H groups in total. The summed E-state index contributed by atoms with van der Waals surface area (Å²) in [6.45, 7) is 7.13. The molecular formula is C22H27N3O2. The summed E-state index contributed by atoms with van der Waals surface area (Å²) in [7, 11) is 0. The standard InChI is InChI=1S/C22H27N3O2/c1-2-27-19-7-5-17(6-8-19)16-24-10-12-25(13-11-24)22(26)21-14-20(21)18-4-3-9-23-15-18/h3-9,15,20-21H,2,10-14,16H2,1H3/t20-,21-/m1/s1. The number of hydrogen-bond donors (Lipinski definition) is 0. The van der Waals surface area contributed by atoms with Gasteiger partial charge in [-0.1, -0.05) is 18.2 Å². The molecule has 2 aromatic rings. The number of aromatic nitrogens is 1. The molecule has 1 amide bonds. The van der Waals surface area contributed by atoms with E-state index < -0.39 is 0 Å². The second-order valence-electron chi connectivity index (χ2n) is 7.41. The van der Waals surface area contributed by atoms with Crippen LogP contribution in [0, 0.1) is 5.92 Å². The van der Waals surface area contributed by atoms with Gasteiger partial charge in [0, 0.05) is 51.0 Å². The largest absolute Gasteiger partial charge is 0.494 e. The van der Waals surface area contributed by atoms with Crippen LogP contribution in [0.25, 0.3) is 0 Å². The van der Waals surface area contributed by atoms with Crippen LogP contribution >= 0.6 is 0 Å². The number of carbonyl (C=O) groups is 1. The average Bonchev–Trinajstić information content (AvgIpc) is 3.51. The molecule has 4 rings (SSSR count). The second-order valence-corrected chi connectivity index (χ2v) is 7.41. The quantitative estimate of drug-likeness (QED) is 0.790. The zero-order valence-corrected chi connectivity index (χ0v) is 15.9. The van der Waals surface area contributed by atoms with Gasteiger partial charge in [0.25, 0.3) is 0 Å². The Kier molecular flexibility index (Phi) is 5.39. The number of piperazine rings is 1. The van der Waals surface area contributed by atoms with Gasteiger partial charge < -0.3 is 9.64 Å². The lowest BCUT2D eigenvalue weighted by molar-refractivity contribution is -0.134. The van der Waals surface area contributed by atoms with E-state index in [-0.39, 0.29) is 5.92 Å². The van der Waals surface area contributed by atoms with Gasteiger partial charge in [0.15, 0.2) is 0 Å². The van der Waals surface area contributed by atoms with Gasteiger partial charge in [0.05, 0.1) is 6.61 Å². The third kappa shape index (κ3) is 4.30. The third-order valence-electron chi connectivity index (χ3n) is 5.54. The molecule has 1 aliphatic carbocycles. The second kappa shape index (κ2) is 8.09. The van der Waals surface area contributed by atoms with E-state index in [1.807, 2.05) is 31.3 Å². The molecule has 142 valence electrons.